The number of ether oxygens (including phenoxy) is 1. The quantitative estimate of drug-likeness (QED) is 0.523. The van der Waals surface area contributed by atoms with Gasteiger partial charge in [-0.05, 0) is 42.8 Å². The zero-order valence-electron chi connectivity index (χ0n) is 10.7. The van der Waals surface area contributed by atoms with E-state index in [1.807, 2.05) is 0 Å². The minimum Gasteiger partial charge on any atom is -0.450 e. The third-order valence-corrected chi connectivity index (χ3v) is 2.72. The van der Waals surface area contributed by atoms with Gasteiger partial charge in [-0.3, -0.25) is 10.1 Å². The van der Waals surface area contributed by atoms with Crippen LogP contribution in [0.3, 0.4) is 0 Å². The van der Waals surface area contributed by atoms with Crippen molar-refractivity contribution in [3.8, 4) is 17.6 Å². The van der Waals surface area contributed by atoms with Gasteiger partial charge in [-0.2, -0.15) is 5.26 Å². The summed E-state index contributed by atoms with van der Waals surface area (Å²) in [6.07, 6.45) is 0. The van der Waals surface area contributed by atoms with Crippen LogP contribution in [0.4, 0.5) is 11.4 Å². The molecule has 0 aliphatic heterocycles. The van der Waals surface area contributed by atoms with Crippen molar-refractivity contribution in [3.63, 3.8) is 0 Å². The topological polar surface area (TPSA) is 102 Å². The highest BCUT2D eigenvalue weighted by Crippen LogP contribution is 2.35. The Morgan fingerprint density at radius 2 is 2.05 bits per heavy atom. The van der Waals surface area contributed by atoms with Crippen LogP contribution in [0.15, 0.2) is 36.4 Å². The fourth-order valence-electron chi connectivity index (χ4n) is 1.79. The molecule has 0 saturated carbocycles. The molecule has 0 aliphatic carbocycles. The number of nitro groups is 1. The zero-order valence-corrected chi connectivity index (χ0v) is 10.7. The summed E-state index contributed by atoms with van der Waals surface area (Å²) in [5.41, 5.74) is 6.59. The van der Waals surface area contributed by atoms with E-state index in [0.29, 0.717) is 11.4 Å². The fourth-order valence-corrected chi connectivity index (χ4v) is 1.79. The molecule has 2 N–H and O–H groups in total. The molecule has 2 aromatic rings. The molecule has 6 heteroatoms. The van der Waals surface area contributed by atoms with E-state index in [9.17, 15) is 10.1 Å². The summed E-state index contributed by atoms with van der Waals surface area (Å²) in [5, 5.41) is 20.0. The molecule has 2 aromatic carbocycles. The predicted octanol–water partition coefficient (Wildman–Crippen LogP) is 3.15. The van der Waals surface area contributed by atoms with Crippen LogP contribution in [0.2, 0.25) is 0 Å². The molecule has 6 nitrogen and oxygen atoms in total. The number of nitrogen functional groups attached to an aromatic ring is 1. The summed E-state index contributed by atoms with van der Waals surface area (Å²) < 4.78 is 5.55. The molecule has 100 valence electrons. The lowest BCUT2D eigenvalue weighted by Gasteiger charge is -2.09. The number of nitro benzene ring substituents is 1. The second kappa shape index (κ2) is 5.28. The minimum atomic E-state index is -0.624. The van der Waals surface area contributed by atoms with Crippen molar-refractivity contribution in [1.82, 2.24) is 0 Å². The van der Waals surface area contributed by atoms with Gasteiger partial charge in [0.1, 0.15) is 17.4 Å². The van der Waals surface area contributed by atoms with Crippen molar-refractivity contribution >= 4 is 11.4 Å². The summed E-state index contributed by atoms with van der Waals surface area (Å²) in [7, 11) is 0. The molecule has 0 unspecified atom stereocenters. The highest BCUT2D eigenvalue weighted by atomic mass is 16.6. The Kier molecular flexibility index (Phi) is 3.53. The maximum Gasteiger partial charge on any atom is 0.329 e. The highest BCUT2D eigenvalue weighted by Gasteiger charge is 2.21. The largest absolute Gasteiger partial charge is 0.450 e. The van der Waals surface area contributed by atoms with Crippen molar-refractivity contribution in [2.45, 2.75) is 6.92 Å². The summed E-state index contributed by atoms with van der Waals surface area (Å²) in [6.45, 7) is 1.78. The third kappa shape index (κ3) is 2.52. The molecule has 2 rings (SSSR count). The molecule has 0 aromatic heterocycles. The first kappa shape index (κ1) is 13.4. The summed E-state index contributed by atoms with van der Waals surface area (Å²) in [4.78, 5) is 10.5. The number of aryl methyl sites for hydroxylation is 1. The molecule has 0 radical (unpaired) electrons. The van der Waals surface area contributed by atoms with Gasteiger partial charge in [0.15, 0.2) is 0 Å². The first-order valence-corrected chi connectivity index (χ1v) is 5.74. The van der Waals surface area contributed by atoms with Gasteiger partial charge < -0.3 is 10.5 Å². The Hall–Kier alpha value is -3.07. The number of nitriles is 1. The van der Waals surface area contributed by atoms with Crippen molar-refractivity contribution in [2.24, 2.45) is 0 Å². The summed E-state index contributed by atoms with van der Waals surface area (Å²) in [5.74, 6) is 0.485. The standard InChI is InChI=1S/C14H11N3O3/c1-9-7-11(16)5-6-12(9)20-13-4-2-3-10(8-15)14(13)17(18)19/h2-7H,16H2,1H3. The van der Waals surface area contributed by atoms with Crippen molar-refractivity contribution in [2.75, 3.05) is 5.73 Å². The van der Waals surface area contributed by atoms with Crippen molar-refractivity contribution in [1.29, 1.82) is 5.26 Å². The molecule has 0 aliphatic rings. The SMILES string of the molecule is Cc1cc(N)ccc1Oc1cccc(C#N)c1[N+](=O)[O-]. The van der Waals surface area contributed by atoms with Gasteiger partial charge in [0, 0.05) is 5.69 Å². The molecule has 0 atom stereocenters. The van der Waals surface area contributed by atoms with Gasteiger partial charge in [-0.1, -0.05) is 6.07 Å². The van der Waals surface area contributed by atoms with Crippen LogP contribution in [-0.4, -0.2) is 4.92 Å². The summed E-state index contributed by atoms with van der Waals surface area (Å²) >= 11 is 0. The van der Waals surface area contributed by atoms with Gasteiger partial charge >= 0.3 is 5.69 Å². The van der Waals surface area contributed by atoms with Crippen LogP contribution in [0.25, 0.3) is 0 Å². The maximum atomic E-state index is 11.1. The predicted molar refractivity (Wildman–Crippen MR) is 73.5 cm³/mol. The number of anilines is 1. The Labute approximate surface area is 115 Å². The van der Waals surface area contributed by atoms with Crippen molar-refractivity contribution < 1.29 is 9.66 Å². The molecule has 0 fully saturated rings. The number of rotatable bonds is 3. The van der Waals surface area contributed by atoms with Crippen LogP contribution in [-0.2, 0) is 0 Å². The maximum absolute atomic E-state index is 11.1. The smallest absolute Gasteiger partial charge is 0.329 e. The van der Waals surface area contributed by atoms with Crippen LogP contribution in [0.1, 0.15) is 11.1 Å². The first-order valence-electron chi connectivity index (χ1n) is 5.74. The van der Waals surface area contributed by atoms with Crippen molar-refractivity contribution in [3.05, 3.63) is 57.6 Å². The molecule has 0 bridgehead atoms. The van der Waals surface area contributed by atoms with E-state index in [2.05, 4.69) is 0 Å². The normalized spacial score (nSPS) is 9.80. The van der Waals surface area contributed by atoms with E-state index in [0.717, 1.165) is 5.56 Å². The highest BCUT2D eigenvalue weighted by molar-refractivity contribution is 5.59. The lowest BCUT2D eigenvalue weighted by atomic mass is 10.1. The Balaban J connectivity index is 2.49. The Morgan fingerprint density at radius 3 is 2.65 bits per heavy atom. The van der Waals surface area contributed by atoms with Gasteiger partial charge in [0.25, 0.3) is 0 Å². The average Bonchev–Trinajstić information content (AvgIpc) is 2.41. The van der Waals surface area contributed by atoms with Gasteiger partial charge in [-0.15, -0.1) is 0 Å². The van der Waals surface area contributed by atoms with E-state index < -0.39 is 4.92 Å². The van der Waals surface area contributed by atoms with Crippen LogP contribution in [0, 0.1) is 28.4 Å². The molecule has 0 spiro atoms. The van der Waals surface area contributed by atoms with E-state index in [1.54, 1.807) is 31.2 Å². The molecular formula is C14H11N3O3. The molecular weight excluding hydrogens is 258 g/mol. The number of hydrogen-bond acceptors (Lipinski definition) is 5. The minimum absolute atomic E-state index is 0.0296. The van der Waals surface area contributed by atoms with E-state index in [-0.39, 0.29) is 17.0 Å². The fraction of sp³-hybridized carbons (Fsp3) is 0.0714. The monoisotopic (exact) mass is 269 g/mol. The molecule has 20 heavy (non-hydrogen) atoms. The lowest BCUT2D eigenvalue weighted by Crippen LogP contribution is -1.97. The number of benzene rings is 2. The van der Waals surface area contributed by atoms with Crippen LogP contribution >= 0.6 is 0 Å². The van der Waals surface area contributed by atoms with E-state index in [1.165, 1.54) is 18.2 Å². The van der Waals surface area contributed by atoms with Gasteiger partial charge in [-0.25, -0.2) is 0 Å². The number of nitrogens with zero attached hydrogens (tertiary/aromatic N) is 2. The van der Waals surface area contributed by atoms with E-state index in [4.69, 9.17) is 15.7 Å². The number of nitrogens with two attached hydrogens (primary N) is 1. The zero-order chi connectivity index (χ0) is 14.7. The van der Waals surface area contributed by atoms with E-state index >= 15 is 0 Å². The number of hydrogen-bond donors (Lipinski definition) is 1. The second-order valence-corrected chi connectivity index (χ2v) is 4.15. The second-order valence-electron chi connectivity index (χ2n) is 4.15. The molecule has 0 heterocycles. The first-order chi connectivity index (χ1) is 9.52. The average molecular weight is 269 g/mol. The molecule has 0 amide bonds. The number of para-hydroxylation sites is 1. The van der Waals surface area contributed by atoms with Gasteiger partial charge in [0.2, 0.25) is 5.75 Å². The lowest BCUT2D eigenvalue weighted by molar-refractivity contribution is -0.385. The Bertz CT molecular complexity index is 720. The third-order valence-electron chi connectivity index (χ3n) is 2.72. The summed E-state index contributed by atoms with van der Waals surface area (Å²) in [6, 6.07) is 11.1. The Morgan fingerprint density at radius 1 is 1.30 bits per heavy atom. The van der Waals surface area contributed by atoms with Crippen LogP contribution < -0.4 is 10.5 Å². The molecule has 0 saturated heterocycles. The van der Waals surface area contributed by atoms with Gasteiger partial charge in [0.05, 0.1) is 4.92 Å². The van der Waals surface area contributed by atoms with Crippen LogP contribution in [0.5, 0.6) is 11.5 Å².